The van der Waals surface area contributed by atoms with Crippen molar-refractivity contribution in [2.45, 2.75) is 32.6 Å². The molecule has 0 bridgehead atoms. The lowest BCUT2D eigenvalue weighted by molar-refractivity contribution is -0.170. The summed E-state index contributed by atoms with van der Waals surface area (Å²) >= 11 is 1.72. The first-order valence-electron chi connectivity index (χ1n) is 7.50. The highest BCUT2D eigenvalue weighted by molar-refractivity contribution is 7.99. The van der Waals surface area contributed by atoms with Gasteiger partial charge in [0, 0.05) is 11.8 Å². The molecule has 0 aliphatic heterocycles. The Kier molecular flexibility index (Phi) is 3.29. The third-order valence-electron chi connectivity index (χ3n) is 5.11. The van der Waals surface area contributed by atoms with Gasteiger partial charge in [-0.2, -0.15) is 5.10 Å². The Labute approximate surface area is 136 Å². The van der Waals surface area contributed by atoms with Gasteiger partial charge in [-0.05, 0) is 40.0 Å². The normalized spacial score (nSPS) is 21.4. The van der Waals surface area contributed by atoms with Gasteiger partial charge in [-0.15, -0.1) is 11.8 Å². The third-order valence-corrected chi connectivity index (χ3v) is 6.90. The number of Topliss-reactive ketones (excluding diaryl/α,β-unsaturated/α-hetero) is 1. The van der Waals surface area contributed by atoms with Crippen molar-refractivity contribution in [1.29, 1.82) is 0 Å². The maximum atomic E-state index is 12.6. The number of nitrogens with zero attached hydrogens (tertiary/aromatic N) is 2. The molecule has 0 atom stereocenters. The van der Waals surface area contributed by atoms with Gasteiger partial charge >= 0.3 is 0 Å². The van der Waals surface area contributed by atoms with E-state index in [0.29, 0.717) is 5.78 Å². The fourth-order valence-corrected chi connectivity index (χ4v) is 5.74. The van der Waals surface area contributed by atoms with Crippen molar-refractivity contribution in [3.05, 3.63) is 42.6 Å². The van der Waals surface area contributed by atoms with Crippen LogP contribution < -0.4 is 0 Å². The second-order valence-corrected chi connectivity index (χ2v) is 7.94. The lowest BCUT2D eigenvalue weighted by atomic mass is 9.50. The molecule has 1 aliphatic rings. The first-order chi connectivity index (χ1) is 10.3. The minimum atomic E-state index is -0.435. The van der Waals surface area contributed by atoms with Crippen molar-refractivity contribution in [2.24, 2.45) is 10.8 Å². The molecule has 116 valence electrons. The Balaban J connectivity index is 2.10. The summed E-state index contributed by atoms with van der Waals surface area (Å²) in [5, 5.41) is 4.81. The lowest BCUT2D eigenvalue weighted by Crippen LogP contribution is -2.72. The van der Waals surface area contributed by atoms with Crippen molar-refractivity contribution in [2.75, 3.05) is 6.26 Å². The molecule has 22 heavy (non-hydrogen) atoms. The summed E-state index contributed by atoms with van der Waals surface area (Å²) in [6.45, 7) is 8.11. The van der Waals surface area contributed by atoms with Crippen LogP contribution in [-0.4, -0.2) is 21.8 Å². The summed E-state index contributed by atoms with van der Waals surface area (Å²) in [6, 6.07) is 12.2. The molecular formula is C18H22N2OS. The molecule has 4 heteroatoms. The number of carbonyl (C=O) groups excluding carboxylic acids is 1. The van der Waals surface area contributed by atoms with E-state index in [1.165, 1.54) is 0 Å². The van der Waals surface area contributed by atoms with Gasteiger partial charge in [0.05, 0.1) is 16.5 Å². The Hall–Kier alpha value is -1.55. The van der Waals surface area contributed by atoms with Crippen LogP contribution in [-0.2, 0) is 9.67 Å². The Bertz CT molecular complexity index is 698. The van der Waals surface area contributed by atoms with E-state index in [4.69, 9.17) is 5.10 Å². The van der Waals surface area contributed by atoms with Crippen LogP contribution in [0.4, 0.5) is 0 Å². The van der Waals surface area contributed by atoms with Gasteiger partial charge in [-0.3, -0.25) is 9.48 Å². The van der Waals surface area contributed by atoms with Crippen molar-refractivity contribution in [3.63, 3.8) is 0 Å². The van der Waals surface area contributed by atoms with Crippen molar-refractivity contribution >= 4 is 17.5 Å². The van der Waals surface area contributed by atoms with Crippen LogP contribution in [0.1, 0.15) is 27.7 Å². The van der Waals surface area contributed by atoms with Gasteiger partial charge in [0.2, 0.25) is 0 Å². The molecule has 1 aliphatic carbocycles. The Morgan fingerprint density at radius 3 is 2.14 bits per heavy atom. The molecule has 0 radical (unpaired) electrons. The predicted molar refractivity (Wildman–Crippen MR) is 91.7 cm³/mol. The molecule has 1 fully saturated rings. The highest BCUT2D eigenvalue weighted by Gasteiger charge is 2.74. The van der Waals surface area contributed by atoms with Crippen LogP contribution in [0, 0.1) is 10.8 Å². The number of hydrogen-bond acceptors (Lipinski definition) is 3. The van der Waals surface area contributed by atoms with E-state index in [0.717, 1.165) is 11.3 Å². The second kappa shape index (κ2) is 4.72. The van der Waals surface area contributed by atoms with Gasteiger partial charge in [-0.25, -0.2) is 0 Å². The second-order valence-electron chi connectivity index (χ2n) is 6.94. The van der Waals surface area contributed by atoms with Crippen LogP contribution >= 0.6 is 11.8 Å². The fourth-order valence-electron chi connectivity index (χ4n) is 4.25. The molecule has 1 saturated carbocycles. The van der Waals surface area contributed by atoms with Crippen LogP contribution in [0.25, 0.3) is 11.3 Å². The van der Waals surface area contributed by atoms with Gasteiger partial charge in [0.15, 0.2) is 5.78 Å². The molecule has 3 rings (SSSR count). The van der Waals surface area contributed by atoms with Crippen molar-refractivity contribution in [1.82, 2.24) is 9.78 Å². The molecule has 0 N–H and O–H groups in total. The zero-order chi connectivity index (χ0) is 16.2. The van der Waals surface area contributed by atoms with E-state index in [1.807, 2.05) is 62.8 Å². The van der Waals surface area contributed by atoms with Gasteiger partial charge in [-0.1, -0.05) is 30.3 Å². The zero-order valence-corrected chi connectivity index (χ0v) is 14.6. The number of aromatic nitrogens is 2. The van der Waals surface area contributed by atoms with Gasteiger partial charge in [0.25, 0.3) is 0 Å². The summed E-state index contributed by atoms with van der Waals surface area (Å²) < 4.78 is 2.00. The molecule has 0 saturated heterocycles. The minimum absolute atomic E-state index is 0.297. The molecule has 1 heterocycles. The summed E-state index contributed by atoms with van der Waals surface area (Å²) in [5.41, 5.74) is 1.17. The topological polar surface area (TPSA) is 34.9 Å². The van der Waals surface area contributed by atoms with E-state index in [9.17, 15) is 4.79 Å². The lowest BCUT2D eigenvalue weighted by Gasteiger charge is -2.63. The third kappa shape index (κ3) is 1.64. The molecule has 0 unspecified atom stereocenters. The van der Waals surface area contributed by atoms with Crippen molar-refractivity contribution < 1.29 is 4.79 Å². The zero-order valence-electron chi connectivity index (χ0n) is 13.8. The van der Waals surface area contributed by atoms with E-state index >= 15 is 0 Å². The number of carbonyl (C=O) groups is 1. The van der Waals surface area contributed by atoms with Crippen molar-refractivity contribution in [3.8, 4) is 11.3 Å². The summed E-state index contributed by atoms with van der Waals surface area (Å²) in [7, 11) is 0. The smallest absolute Gasteiger partial charge is 0.150 e. The quantitative estimate of drug-likeness (QED) is 0.851. The highest BCUT2D eigenvalue weighted by Crippen LogP contribution is 2.67. The van der Waals surface area contributed by atoms with Crippen LogP contribution in [0.3, 0.4) is 0 Å². The molecule has 0 spiro atoms. The summed E-state index contributed by atoms with van der Waals surface area (Å²) in [5.74, 6) is 0.297. The van der Waals surface area contributed by atoms with Crippen LogP contribution in [0.2, 0.25) is 0 Å². The summed E-state index contributed by atoms with van der Waals surface area (Å²) in [4.78, 5) is 12.2. The standard InChI is InChI=1S/C18H22N2OS/c1-16(2)15(21)17(3,4)18(16,22-5)20-12-11-14(19-20)13-9-7-6-8-10-13/h6-12H,1-5H3. The average Bonchev–Trinajstić information content (AvgIpc) is 2.97. The number of thioether (sulfide) groups is 1. The predicted octanol–water partition coefficient (Wildman–Crippen LogP) is 4.20. The van der Waals surface area contributed by atoms with E-state index in [1.54, 1.807) is 11.8 Å². The minimum Gasteiger partial charge on any atom is -0.298 e. The number of hydrogen-bond donors (Lipinski definition) is 0. The molecule has 2 aromatic rings. The maximum Gasteiger partial charge on any atom is 0.150 e. The number of rotatable bonds is 3. The fraction of sp³-hybridized carbons (Fsp3) is 0.444. The average molecular weight is 314 g/mol. The molecule has 0 amide bonds. The number of ketones is 1. The number of benzene rings is 1. The monoisotopic (exact) mass is 314 g/mol. The van der Waals surface area contributed by atoms with E-state index in [-0.39, 0.29) is 4.87 Å². The summed E-state index contributed by atoms with van der Waals surface area (Å²) in [6.07, 6.45) is 4.08. The van der Waals surface area contributed by atoms with Gasteiger partial charge < -0.3 is 0 Å². The molecular weight excluding hydrogens is 292 g/mol. The SMILES string of the molecule is CSC1(n2ccc(-c3ccccc3)n2)C(C)(C)C(=O)C1(C)C. The van der Waals surface area contributed by atoms with Crippen LogP contribution in [0.5, 0.6) is 0 Å². The maximum absolute atomic E-state index is 12.6. The molecule has 1 aromatic heterocycles. The van der Waals surface area contributed by atoms with Gasteiger partial charge in [0.1, 0.15) is 4.87 Å². The Morgan fingerprint density at radius 2 is 1.59 bits per heavy atom. The Morgan fingerprint density at radius 1 is 1.00 bits per heavy atom. The molecule has 1 aromatic carbocycles. The van der Waals surface area contributed by atoms with E-state index < -0.39 is 10.8 Å². The van der Waals surface area contributed by atoms with E-state index in [2.05, 4.69) is 18.4 Å². The highest BCUT2D eigenvalue weighted by atomic mass is 32.2. The first-order valence-corrected chi connectivity index (χ1v) is 8.73. The molecule has 3 nitrogen and oxygen atoms in total. The van der Waals surface area contributed by atoms with Crippen LogP contribution in [0.15, 0.2) is 42.6 Å². The largest absolute Gasteiger partial charge is 0.298 e. The first kappa shape index (κ1) is 15.3.